The molecule has 192 valence electrons. The molecule has 0 aliphatic rings. The van der Waals surface area contributed by atoms with E-state index in [1.165, 1.54) is 17.8 Å². The third kappa shape index (κ3) is 5.00. The lowest BCUT2D eigenvalue weighted by molar-refractivity contribution is 0.0964. The molecule has 5 rings (SSSR count). The van der Waals surface area contributed by atoms with Crippen LogP contribution in [-0.2, 0) is 6.54 Å². The van der Waals surface area contributed by atoms with Crippen molar-refractivity contribution in [3.05, 3.63) is 91.8 Å². The molecule has 2 N–H and O–H groups in total. The fraction of sp³-hybridized carbons (Fsp3) is 0.120. The molecule has 10 nitrogen and oxygen atoms in total. The van der Waals surface area contributed by atoms with Crippen LogP contribution in [0.4, 0.5) is 5.69 Å². The highest BCUT2D eigenvalue weighted by molar-refractivity contribution is 9.10. The molecule has 3 heterocycles. The maximum atomic E-state index is 13.6. The summed E-state index contributed by atoms with van der Waals surface area (Å²) in [7, 11) is 1.50. The topological polar surface area (TPSA) is 120 Å². The molecule has 0 saturated carbocycles. The Bertz CT molecular complexity index is 1720. The number of amides is 2. The third-order valence-corrected chi connectivity index (χ3v) is 6.74. The highest BCUT2D eigenvalue weighted by Crippen LogP contribution is 2.27. The smallest absolute Gasteiger partial charge is 0.274 e. The zero-order valence-electron chi connectivity index (χ0n) is 20.0. The first-order valence-corrected chi connectivity index (χ1v) is 12.8. The zero-order chi connectivity index (χ0) is 27.0. The van der Waals surface area contributed by atoms with Gasteiger partial charge in [0, 0.05) is 22.7 Å². The molecule has 5 aromatic rings. The van der Waals surface area contributed by atoms with Crippen molar-refractivity contribution < 1.29 is 9.59 Å². The first kappa shape index (κ1) is 25.8. The monoisotopic (exact) mass is 612 g/mol. The van der Waals surface area contributed by atoms with Gasteiger partial charge in [-0.2, -0.15) is 5.10 Å². The summed E-state index contributed by atoms with van der Waals surface area (Å²) in [6, 6.07) is 13.8. The van der Waals surface area contributed by atoms with Gasteiger partial charge in [0.15, 0.2) is 5.82 Å². The normalized spacial score (nSPS) is 11.1. The number of hydrogen-bond acceptors (Lipinski definition) is 6. The quantitative estimate of drug-likeness (QED) is 0.277. The minimum absolute atomic E-state index is 0.157. The summed E-state index contributed by atoms with van der Waals surface area (Å²) in [5.41, 5.74) is 3.37. The van der Waals surface area contributed by atoms with Gasteiger partial charge in [0.25, 0.3) is 11.8 Å². The van der Waals surface area contributed by atoms with Gasteiger partial charge in [-0.3, -0.25) is 9.59 Å². The van der Waals surface area contributed by atoms with E-state index in [9.17, 15) is 9.59 Å². The van der Waals surface area contributed by atoms with Crippen LogP contribution in [0.5, 0.6) is 0 Å². The fourth-order valence-electron chi connectivity index (χ4n) is 3.98. The van der Waals surface area contributed by atoms with Crippen LogP contribution in [0.2, 0.25) is 10.0 Å². The molecule has 0 atom stereocenters. The molecule has 0 unspecified atom stereocenters. The van der Waals surface area contributed by atoms with Crippen LogP contribution in [0.3, 0.4) is 0 Å². The average molecular weight is 614 g/mol. The second-order valence-corrected chi connectivity index (χ2v) is 10.1. The lowest BCUT2D eigenvalue weighted by atomic mass is 10.1. The van der Waals surface area contributed by atoms with Crippen LogP contribution in [0, 0.1) is 6.92 Å². The summed E-state index contributed by atoms with van der Waals surface area (Å²) in [6.07, 6.45) is 1.56. The zero-order valence-corrected chi connectivity index (χ0v) is 23.1. The summed E-state index contributed by atoms with van der Waals surface area (Å²) in [4.78, 5) is 30.5. The number of pyridine rings is 1. The molecule has 0 saturated heterocycles. The Hall–Kier alpha value is -3.80. The second-order valence-electron chi connectivity index (χ2n) is 8.30. The maximum Gasteiger partial charge on any atom is 0.274 e. The first-order chi connectivity index (χ1) is 18.2. The number of rotatable bonds is 6. The number of carbonyl (C=O) groups is 2. The van der Waals surface area contributed by atoms with Gasteiger partial charge >= 0.3 is 0 Å². The largest absolute Gasteiger partial charge is 0.355 e. The lowest BCUT2D eigenvalue weighted by Crippen LogP contribution is -2.23. The van der Waals surface area contributed by atoms with Gasteiger partial charge in [-0.1, -0.05) is 44.3 Å². The van der Waals surface area contributed by atoms with Crippen molar-refractivity contribution in [2.24, 2.45) is 0 Å². The summed E-state index contributed by atoms with van der Waals surface area (Å²) >= 11 is 16.0. The van der Waals surface area contributed by atoms with E-state index in [4.69, 9.17) is 23.2 Å². The molecule has 2 amide bonds. The molecule has 2 aromatic carbocycles. The molecule has 0 spiro atoms. The minimum Gasteiger partial charge on any atom is -0.355 e. The number of benzene rings is 2. The van der Waals surface area contributed by atoms with Crippen molar-refractivity contribution in [2.75, 3.05) is 12.4 Å². The highest BCUT2D eigenvalue weighted by atomic mass is 79.9. The van der Waals surface area contributed by atoms with E-state index < -0.39 is 11.8 Å². The third-order valence-electron chi connectivity index (χ3n) is 5.73. The summed E-state index contributed by atoms with van der Waals surface area (Å²) in [6.45, 7) is 1.99. The number of halogens is 3. The van der Waals surface area contributed by atoms with Crippen LogP contribution in [-0.4, -0.2) is 48.6 Å². The molecule has 38 heavy (non-hydrogen) atoms. The Balaban J connectivity index is 1.57. The molecule has 0 fully saturated rings. The molecule has 0 radical (unpaired) electrons. The van der Waals surface area contributed by atoms with E-state index in [0.717, 1.165) is 9.99 Å². The van der Waals surface area contributed by atoms with Crippen molar-refractivity contribution >= 4 is 67.7 Å². The van der Waals surface area contributed by atoms with E-state index in [1.54, 1.807) is 42.1 Å². The van der Waals surface area contributed by atoms with Gasteiger partial charge in [-0.05, 0) is 61.0 Å². The minimum atomic E-state index is -0.520. The van der Waals surface area contributed by atoms with Gasteiger partial charge in [0.2, 0.25) is 0 Å². The van der Waals surface area contributed by atoms with E-state index in [0.29, 0.717) is 32.5 Å². The summed E-state index contributed by atoms with van der Waals surface area (Å²) in [5, 5.41) is 19.2. The van der Waals surface area contributed by atoms with Crippen LogP contribution in [0.15, 0.2) is 59.2 Å². The number of anilines is 1. The molecule has 0 aliphatic heterocycles. The molecular formula is C25H19BrCl2N8O2. The Morgan fingerprint density at radius 3 is 2.66 bits per heavy atom. The Labute approximate surface area is 235 Å². The van der Waals surface area contributed by atoms with Gasteiger partial charge < -0.3 is 10.6 Å². The number of aryl methyl sites for hydroxylation is 1. The molecular weight excluding hydrogens is 595 g/mol. The number of hydrogen-bond donors (Lipinski definition) is 2. The fourth-order valence-corrected chi connectivity index (χ4v) is 4.80. The van der Waals surface area contributed by atoms with E-state index in [1.807, 2.05) is 18.2 Å². The van der Waals surface area contributed by atoms with Crippen molar-refractivity contribution in [1.82, 2.24) is 35.1 Å². The van der Waals surface area contributed by atoms with Crippen LogP contribution in [0.25, 0.3) is 16.9 Å². The van der Waals surface area contributed by atoms with Crippen molar-refractivity contribution in [2.45, 2.75) is 13.5 Å². The lowest BCUT2D eigenvalue weighted by Gasteiger charge is -2.14. The van der Waals surface area contributed by atoms with Crippen LogP contribution in [0.1, 0.15) is 32.1 Å². The second kappa shape index (κ2) is 10.5. The van der Waals surface area contributed by atoms with Crippen LogP contribution >= 0.6 is 39.1 Å². The van der Waals surface area contributed by atoms with Gasteiger partial charge in [0.05, 0.1) is 34.0 Å². The number of fused-ring (bicyclic) bond motifs is 1. The molecule has 3 aromatic heterocycles. The Morgan fingerprint density at radius 2 is 1.89 bits per heavy atom. The van der Waals surface area contributed by atoms with Gasteiger partial charge in [-0.25, -0.2) is 14.3 Å². The average Bonchev–Trinajstić information content (AvgIpc) is 3.49. The molecule has 0 aliphatic carbocycles. The predicted octanol–water partition coefficient (Wildman–Crippen LogP) is 5.05. The number of carbonyl (C=O) groups excluding carboxylic acids is 2. The van der Waals surface area contributed by atoms with Crippen LogP contribution < -0.4 is 10.6 Å². The maximum absolute atomic E-state index is 13.6. The SMILES string of the molecule is CNC(=O)c1cc(Cl)cc(C)c1NC(=O)c1cc(Cn2nnc3cc(Br)ccc32)nn1-c1ncccc1Cl. The van der Waals surface area contributed by atoms with E-state index in [2.05, 4.69) is 47.0 Å². The number of aromatic nitrogens is 6. The van der Waals surface area contributed by atoms with Crippen molar-refractivity contribution in [3.8, 4) is 5.82 Å². The molecule has 13 heteroatoms. The Kier molecular flexibility index (Phi) is 7.15. The standard InChI is InChI=1S/C25H19BrCl2N8O2/c1-13-8-15(27)10-17(24(37)29-2)22(13)31-25(38)21-11-16(33-36(21)23-18(28)4-3-7-30-23)12-35-20-6-5-14(26)9-19(20)32-34-35/h3-11H,12H2,1-2H3,(H,29,37)(H,31,38). The summed E-state index contributed by atoms with van der Waals surface area (Å²) < 4.78 is 3.94. The van der Waals surface area contributed by atoms with E-state index >= 15 is 0 Å². The highest BCUT2D eigenvalue weighted by Gasteiger charge is 2.23. The number of nitrogens with zero attached hydrogens (tertiary/aromatic N) is 6. The van der Waals surface area contributed by atoms with Gasteiger partial charge in [-0.15, -0.1) is 5.10 Å². The van der Waals surface area contributed by atoms with Crippen molar-refractivity contribution in [1.29, 1.82) is 0 Å². The summed E-state index contributed by atoms with van der Waals surface area (Å²) in [5.74, 6) is -0.636. The Morgan fingerprint density at radius 1 is 1.08 bits per heavy atom. The van der Waals surface area contributed by atoms with Crippen molar-refractivity contribution in [3.63, 3.8) is 0 Å². The van der Waals surface area contributed by atoms with E-state index in [-0.39, 0.29) is 23.6 Å². The number of nitrogens with one attached hydrogen (secondary N) is 2. The first-order valence-electron chi connectivity index (χ1n) is 11.3. The predicted molar refractivity (Wildman–Crippen MR) is 148 cm³/mol. The van der Waals surface area contributed by atoms with Gasteiger partial charge in [0.1, 0.15) is 11.2 Å². The molecule has 0 bridgehead atoms.